The molecule has 0 aliphatic rings. The van der Waals surface area contributed by atoms with Crippen LogP contribution in [0.4, 0.5) is 0 Å². The Morgan fingerprint density at radius 1 is 1.06 bits per heavy atom. The van der Waals surface area contributed by atoms with Crippen LogP contribution in [0.25, 0.3) is 0 Å². The van der Waals surface area contributed by atoms with Crippen LogP contribution in [0.1, 0.15) is 26.3 Å². The summed E-state index contributed by atoms with van der Waals surface area (Å²) in [5.41, 5.74) is 5.80. The van der Waals surface area contributed by atoms with Gasteiger partial charge in [-0.25, -0.2) is 4.79 Å². The van der Waals surface area contributed by atoms with E-state index in [0.29, 0.717) is 16.3 Å². The predicted octanol–water partition coefficient (Wildman–Crippen LogP) is 1.79. The molecule has 0 saturated carbocycles. The van der Waals surface area contributed by atoms with Crippen LogP contribution in [0, 0.1) is 10.7 Å². The van der Waals surface area contributed by atoms with Crippen molar-refractivity contribution in [2.75, 3.05) is 0 Å². The molecular formula is C9H6I3NO4. The van der Waals surface area contributed by atoms with E-state index in [9.17, 15) is 14.7 Å². The van der Waals surface area contributed by atoms with E-state index in [2.05, 4.69) is 0 Å². The smallest absolute Gasteiger partial charge is 0.337 e. The van der Waals surface area contributed by atoms with E-state index in [1.807, 2.05) is 45.2 Å². The van der Waals surface area contributed by atoms with Crippen LogP contribution < -0.4 is 5.73 Å². The van der Waals surface area contributed by atoms with Gasteiger partial charge in [-0.05, 0) is 67.8 Å². The van der Waals surface area contributed by atoms with E-state index in [-0.39, 0.29) is 17.7 Å². The number of carbonyl (C=O) groups excluding carboxylic acids is 1. The van der Waals surface area contributed by atoms with E-state index in [0.717, 1.165) is 0 Å². The van der Waals surface area contributed by atoms with Crippen molar-refractivity contribution in [1.82, 2.24) is 0 Å². The highest BCUT2D eigenvalue weighted by Gasteiger charge is 2.25. The molecule has 0 aliphatic carbocycles. The topological polar surface area (TPSA) is 101 Å². The summed E-state index contributed by atoms with van der Waals surface area (Å²) in [5, 5.41) is 18.4. The average molecular weight is 573 g/mol. The van der Waals surface area contributed by atoms with Crippen molar-refractivity contribution in [2.24, 2.45) is 5.73 Å². The van der Waals surface area contributed by atoms with E-state index < -0.39 is 11.9 Å². The molecular weight excluding hydrogens is 567 g/mol. The van der Waals surface area contributed by atoms with Gasteiger partial charge in [0.2, 0.25) is 0 Å². The standard InChI is InChI=1S/C9H6I3NO4/c10-5-2(1-14)6(11)4(9(16)17)7(12)3(5)8(13)15/h14H,1H2,(H2,13,15)(H,16,17). The molecule has 1 aromatic carbocycles. The summed E-state index contributed by atoms with van der Waals surface area (Å²) < 4.78 is 1.22. The van der Waals surface area contributed by atoms with Gasteiger partial charge >= 0.3 is 5.97 Å². The van der Waals surface area contributed by atoms with Crippen molar-refractivity contribution < 1.29 is 19.8 Å². The number of halogens is 3. The first kappa shape index (κ1) is 15.4. The summed E-state index contributed by atoms with van der Waals surface area (Å²) in [6.07, 6.45) is 0. The minimum Gasteiger partial charge on any atom is -0.478 e. The summed E-state index contributed by atoms with van der Waals surface area (Å²) >= 11 is 5.51. The first-order valence-electron chi connectivity index (χ1n) is 4.16. The molecule has 0 heterocycles. The van der Waals surface area contributed by atoms with Crippen LogP contribution in [-0.4, -0.2) is 22.1 Å². The van der Waals surface area contributed by atoms with Crippen molar-refractivity contribution in [3.8, 4) is 0 Å². The summed E-state index contributed by atoms with van der Waals surface area (Å²) in [6, 6.07) is 0. The van der Waals surface area contributed by atoms with Crippen LogP contribution in [-0.2, 0) is 6.61 Å². The fourth-order valence-electron chi connectivity index (χ4n) is 1.26. The van der Waals surface area contributed by atoms with Crippen molar-refractivity contribution in [1.29, 1.82) is 0 Å². The molecule has 92 valence electrons. The minimum absolute atomic E-state index is 0.00414. The largest absolute Gasteiger partial charge is 0.478 e. The molecule has 1 aromatic rings. The first-order chi connectivity index (χ1) is 7.82. The molecule has 0 unspecified atom stereocenters. The molecule has 0 aliphatic heterocycles. The maximum atomic E-state index is 11.3. The molecule has 0 radical (unpaired) electrons. The highest BCUT2D eigenvalue weighted by Crippen LogP contribution is 2.31. The molecule has 0 atom stereocenters. The molecule has 17 heavy (non-hydrogen) atoms. The number of aliphatic hydroxyl groups is 1. The number of carbonyl (C=O) groups is 2. The van der Waals surface area contributed by atoms with Crippen molar-refractivity contribution in [3.63, 3.8) is 0 Å². The highest BCUT2D eigenvalue weighted by molar-refractivity contribution is 14.1. The van der Waals surface area contributed by atoms with Gasteiger partial charge in [0.25, 0.3) is 5.91 Å². The Hall–Kier alpha value is 0.310. The molecule has 0 bridgehead atoms. The van der Waals surface area contributed by atoms with E-state index in [4.69, 9.17) is 10.8 Å². The summed E-state index contributed by atoms with van der Waals surface area (Å²) in [7, 11) is 0. The second-order valence-electron chi connectivity index (χ2n) is 3.00. The Kier molecular flexibility index (Phi) is 5.39. The minimum atomic E-state index is -1.15. The zero-order chi connectivity index (χ0) is 13.3. The van der Waals surface area contributed by atoms with Crippen LogP contribution in [0.15, 0.2) is 0 Å². The number of nitrogens with two attached hydrogens (primary N) is 1. The zero-order valence-corrected chi connectivity index (χ0v) is 14.6. The maximum Gasteiger partial charge on any atom is 0.337 e. The molecule has 4 N–H and O–H groups in total. The Bertz CT molecular complexity index is 474. The van der Waals surface area contributed by atoms with E-state index in [1.165, 1.54) is 0 Å². The maximum absolute atomic E-state index is 11.3. The number of primary amides is 1. The Morgan fingerprint density at radius 3 is 1.88 bits per heavy atom. The van der Waals surface area contributed by atoms with Crippen LogP contribution >= 0.6 is 67.8 Å². The van der Waals surface area contributed by atoms with Gasteiger partial charge in [0.1, 0.15) is 0 Å². The van der Waals surface area contributed by atoms with Gasteiger partial charge in [0, 0.05) is 16.3 Å². The van der Waals surface area contributed by atoms with Gasteiger partial charge in [0.05, 0.1) is 17.7 Å². The number of amides is 1. The number of carboxylic acid groups (broad SMARTS) is 1. The second kappa shape index (κ2) is 5.97. The van der Waals surface area contributed by atoms with Crippen molar-refractivity contribution >= 4 is 79.6 Å². The van der Waals surface area contributed by atoms with Crippen LogP contribution in [0.5, 0.6) is 0 Å². The number of benzene rings is 1. The molecule has 0 aromatic heterocycles. The van der Waals surface area contributed by atoms with E-state index in [1.54, 1.807) is 22.6 Å². The van der Waals surface area contributed by atoms with Gasteiger partial charge in [-0.15, -0.1) is 0 Å². The van der Waals surface area contributed by atoms with Gasteiger partial charge in [-0.1, -0.05) is 0 Å². The lowest BCUT2D eigenvalue weighted by molar-refractivity contribution is 0.0694. The Balaban J connectivity index is 3.82. The predicted molar refractivity (Wildman–Crippen MR) is 86.0 cm³/mol. The van der Waals surface area contributed by atoms with Gasteiger partial charge < -0.3 is 15.9 Å². The Labute approximate surface area is 138 Å². The van der Waals surface area contributed by atoms with Gasteiger partial charge in [0.15, 0.2) is 0 Å². The number of hydrogen-bond donors (Lipinski definition) is 3. The summed E-state index contributed by atoms with van der Waals surface area (Å²) in [6.45, 7) is -0.339. The van der Waals surface area contributed by atoms with Crippen molar-refractivity contribution in [2.45, 2.75) is 6.61 Å². The second-order valence-corrected chi connectivity index (χ2v) is 6.23. The lowest BCUT2D eigenvalue weighted by Gasteiger charge is -2.14. The fraction of sp³-hybridized carbons (Fsp3) is 0.111. The molecule has 5 nitrogen and oxygen atoms in total. The van der Waals surface area contributed by atoms with Gasteiger partial charge in [-0.3, -0.25) is 4.79 Å². The zero-order valence-electron chi connectivity index (χ0n) is 8.13. The quantitative estimate of drug-likeness (QED) is 0.481. The molecule has 1 rings (SSSR count). The average Bonchev–Trinajstić information content (AvgIpc) is 2.16. The third-order valence-electron chi connectivity index (χ3n) is 2.03. The molecule has 1 amide bonds. The summed E-state index contributed by atoms with van der Waals surface area (Å²) in [5.74, 6) is -1.85. The molecule has 0 spiro atoms. The third kappa shape index (κ3) is 2.84. The number of aliphatic hydroxyl groups excluding tert-OH is 1. The van der Waals surface area contributed by atoms with Crippen LogP contribution in [0.3, 0.4) is 0 Å². The number of rotatable bonds is 3. The lowest BCUT2D eigenvalue weighted by atomic mass is 10.1. The molecule has 0 fully saturated rings. The normalized spacial score (nSPS) is 10.4. The fourth-order valence-corrected chi connectivity index (χ4v) is 5.76. The number of aromatic carboxylic acids is 1. The molecule has 0 saturated heterocycles. The first-order valence-corrected chi connectivity index (χ1v) is 7.39. The summed E-state index contributed by atoms with van der Waals surface area (Å²) in [4.78, 5) is 22.5. The van der Waals surface area contributed by atoms with Gasteiger partial charge in [-0.2, -0.15) is 0 Å². The molecule has 8 heteroatoms. The number of carboxylic acids is 1. The third-order valence-corrected chi connectivity index (χ3v) is 5.49. The van der Waals surface area contributed by atoms with E-state index >= 15 is 0 Å². The highest BCUT2D eigenvalue weighted by atomic mass is 127. The van der Waals surface area contributed by atoms with Crippen molar-refractivity contribution in [3.05, 3.63) is 27.4 Å². The monoisotopic (exact) mass is 573 g/mol. The Morgan fingerprint density at radius 2 is 1.53 bits per heavy atom. The lowest BCUT2D eigenvalue weighted by Crippen LogP contribution is -2.20. The SMILES string of the molecule is NC(=O)c1c(I)c(CO)c(I)c(C(=O)O)c1I. The number of hydrogen-bond acceptors (Lipinski definition) is 3. The van der Waals surface area contributed by atoms with Crippen LogP contribution in [0.2, 0.25) is 0 Å².